The number of carbonyl (C=O) groups is 1. The van der Waals surface area contributed by atoms with E-state index in [1.165, 1.54) is 12.8 Å². The van der Waals surface area contributed by atoms with E-state index >= 15 is 0 Å². The van der Waals surface area contributed by atoms with Gasteiger partial charge in [-0.05, 0) is 68.2 Å². The molecule has 2 saturated carbocycles. The van der Waals surface area contributed by atoms with Crippen LogP contribution in [0.4, 0.5) is 0 Å². The molecule has 7 rings (SSSR count). The average Bonchev–Trinajstić information content (AvgIpc) is 3.61. The molecule has 6 aliphatic rings. The van der Waals surface area contributed by atoms with E-state index < -0.39 is 53.8 Å². The summed E-state index contributed by atoms with van der Waals surface area (Å²) >= 11 is 0. The minimum Gasteiger partial charge on any atom is -0.481 e. The van der Waals surface area contributed by atoms with Crippen LogP contribution in [0.5, 0.6) is 11.5 Å². The lowest BCUT2D eigenvalue weighted by Crippen LogP contribution is -2.75. The standard InChI is InChI=1S/C27H33NO9/c1-12-6-7-27(34)16-10-14-4-5-15(35-25-20(31)18(29)19(30)22(37-25)24(32)33)21-17(14)26(27,23(12)36-21)8-9-28(16)11-13-2-3-13/h4-5,13,16,18-20,22-23,25,29-31,34H,1-3,6-11H2,(H,32,33)/t16-,18+,19+,20-,22+,23+,25?,26+,27-/m1/s1. The lowest BCUT2D eigenvalue weighted by molar-refractivity contribution is -0.271. The summed E-state index contributed by atoms with van der Waals surface area (Å²) in [6.45, 7) is 6.17. The first kappa shape index (κ1) is 23.9. The van der Waals surface area contributed by atoms with Gasteiger partial charge in [-0.2, -0.15) is 0 Å². The predicted octanol–water partition coefficient (Wildman–Crippen LogP) is 0.0779. The normalized spacial score (nSPS) is 44.2. The van der Waals surface area contributed by atoms with Crippen molar-refractivity contribution in [1.82, 2.24) is 4.90 Å². The Kier molecular flexibility index (Phi) is 5.10. The number of hydrogen-bond acceptors (Lipinski definition) is 9. The van der Waals surface area contributed by atoms with Crippen LogP contribution >= 0.6 is 0 Å². The summed E-state index contributed by atoms with van der Waals surface area (Å²) < 4.78 is 17.9. The Morgan fingerprint density at radius 3 is 2.68 bits per heavy atom. The largest absolute Gasteiger partial charge is 0.481 e. The molecule has 5 N–H and O–H groups in total. The molecule has 9 atom stereocenters. The van der Waals surface area contributed by atoms with E-state index in [0.717, 1.165) is 29.8 Å². The molecule has 1 aromatic carbocycles. The molecular weight excluding hydrogens is 482 g/mol. The molecule has 2 saturated heterocycles. The number of ether oxygens (including phenoxy) is 3. The van der Waals surface area contributed by atoms with Crippen molar-refractivity contribution in [2.45, 2.75) is 92.4 Å². The molecule has 3 aliphatic heterocycles. The lowest BCUT2D eigenvalue weighted by Gasteiger charge is -2.63. The topological polar surface area (TPSA) is 149 Å². The maximum absolute atomic E-state index is 12.5. The van der Waals surface area contributed by atoms with E-state index in [-0.39, 0.29) is 11.8 Å². The van der Waals surface area contributed by atoms with E-state index in [1.807, 2.05) is 6.07 Å². The quantitative estimate of drug-likeness (QED) is 0.341. The molecule has 0 radical (unpaired) electrons. The third-order valence-corrected chi connectivity index (χ3v) is 9.75. The maximum atomic E-state index is 12.5. The number of aliphatic hydroxyl groups excluding tert-OH is 3. The molecule has 3 heterocycles. The number of carboxylic acid groups (broad SMARTS) is 1. The van der Waals surface area contributed by atoms with Crippen molar-refractivity contribution < 1.29 is 44.5 Å². The van der Waals surface area contributed by atoms with Crippen molar-refractivity contribution in [3.8, 4) is 11.5 Å². The van der Waals surface area contributed by atoms with Crippen molar-refractivity contribution in [1.29, 1.82) is 0 Å². The molecule has 3 aliphatic carbocycles. The summed E-state index contributed by atoms with van der Waals surface area (Å²) in [4.78, 5) is 14.0. The number of aliphatic carboxylic acids is 1. The van der Waals surface area contributed by atoms with Gasteiger partial charge in [0.25, 0.3) is 0 Å². The maximum Gasteiger partial charge on any atom is 0.335 e. The predicted molar refractivity (Wildman–Crippen MR) is 127 cm³/mol. The molecule has 1 aromatic rings. The minimum absolute atomic E-state index is 0.0114. The van der Waals surface area contributed by atoms with Gasteiger partial charge in [0.1, 0.15) is 24.4 Å². The van der Waals surface area contributed by atoms with E-state index in [9.17, 15) is 30.3 Å². The number of rotatable bonds is 5. The Bertz CT molecular complexity index is 1170. The van der Waals surface area contributed by atoms with Crippen LogP contribution in [-0.2, 0) is 21.4 Å². The molecule has 1 spiro atoms. The van der Waals surface area contributed by atoms with Gasteiger partial charge in [-0.15, -0.1) is 0 Å². The number of nitrogens with zero attached hydrogens (tertiary/aromatic N) is 1. The first-order chi connectivity index (χ1) is 17.7. The molecule has 10 heteroatoms. The Balaban J connectivity index is 1.29. The Labute approximate surface area is 214 Å². The highest BCUT2D eigenvalue weighted by atomic mass is 16.7. The second-order valence-corrected chi connectivity index (χ2v) is 11.7. The first-order valence-corrected chi connectivity index (χ1v) is 13.2. The number of carboxylic acids is 1. The average molecular weight is 516 g/mol. The van der Waals surface area contributed by atoms with Crippen LogP contribution in [-0.4, -0.2) is 97.9 Å². The zero-order valence-electron chi connectivity index (χ0n) is 20.5. The molecule has 0 amide bonds. The fourth-order valence-corrected chi connectivity index (χ4v) is 7.75. The van der Waals surface area contributed by atoms with Gasteiger partial charge in [0, 0.05) is 18.2 Å². The van der Waals surface area contributed by atoms with Crippen molar-refractivity contribution in [2.24, 2.45) is 5.92 Å². The molecule has 10 nitrogen and oxygen atoms in total. The first-order valence-electron chi connectivity index (χ1n) is 13.2. The van der Waals surface area contributed by atoms with Crippen LogP contribution in [0.25, 0.3) is 0 Å². The summed E-state index contributed by atoms with van der Waals surface area (Å²) in [6.07, 6.45) is -3.82. The Hall–Kier alpha value is -2.21. The number of likely N-dealkylation sites (tertiary alicyclic amines) is 1. The number of benzene rings is 1. The zero-order valence-corrected chi connectivity index (χ0v) is 20.5. The van der Waals surface area contributed by atoms with Crippen molar-refractivity contribution in [3.05, 3.63) is 35.4 Å². The molecule has 200 valence electrons. The fourth-order valence-electron chi connectivity index (χ4n) is 7.75. The van der Waals surface area contributed by atoms with E-state index in [4.69, 9.17) is 14.2 Å². The van der Waals surface area contributed by atoms with Crippen LogP contribution in [0.2, 0.25) is 0 Å². The Morgan fingerprint density at radius 2 is 1.95 bits per heavy atom. The summed E-state index contributed by atoms with van der Waals surface area (Å²) in [6, 6.07) is 3.64. The van der Waals surface area contributed by atoms with Gasteiger partial charge in [0.15, 0.2) is 17.6 Å². The highest BCUT2D eigenvalue weighted by molar-refractivity contribution is 5.73. The van der Waals surface area contributed by atoms with Crippen molar-refractivity contribution in [2.75, 3.05) is 13.1 Å². The SMILES string of the molecule is C=C1CC[C@@]2(O)[C@H]3Cc4ccc(OC5O[C@H](C(=O)O)[C@@H](O)[C@H](O)[C@H]5O)c5c4[C@@]2(CCN3CC2CC2)[C@H]1O5. The van der Waals surface area contributed by atoms with Crippen LogP contribution in [0.3, 0.4) is 0 Å². The number of hydrogen-bond donors (Lipinski definition) is 5. The summed E-state index contributed by atoms with van der Waals surface area (Å²) in [5.74, 6) is -0.0896. The van der Waals surface area contributed by atoms with Crippen LogP contribution in [0.15, 0.2) is 24.3 Å². The smallest absolute Gasteiger partial charge is 0.335 e. The van der Waals surface area contributed by atoms with Crippen molar-refractivity contribution in [3.63, 3.8) is 0 Å². The third kappa shape index (κ3) is 3.11. The monoisotopic (exact) mass is 515 g/mol. The molecule has 2 bridgehead atoms. The fraction of sp³-hybridized carbons (Fsp3) is 0.667. The number of piperidine rings is 1. The molecule has 0 aromatic heterocycles. The molecule has 4 fully saturated rings. The van der Waals surface area contributed by atoms with E-state index in [2.05, 4.69) is 11.5 Å². The van der Waals surface area contributed by atoms with Gasteiger partial charge < -0.3 is 39.7 Å². The molecule has 1 unspecified atom stereocenters. The highest BCUT2D eigenvalue weighted by Crippen LogP contribution is 2.66. The lowest BCUT2D eigenvalue weighted by atomic mass is 9.48. The van der Waals surface area contributed by atoms with Crippen LogP contribution in [0.1, 0.15) is 43.2 Å². The van der Waals surface area contributed by atoms with Gasteiger partial charge in [-0.25, -0.2) is 4.79 Å². The highest BCUT2D eigenvalue weighted by Gasteiger charge is 2.72. The second kappa shape index (κ2) is 7.91. The summed E-state index contributed by atoms with van der Waals surface area (Å²) in [7, 11) is 0. The third-order valence-electron chi connectivity index (χ3n) is 9.75. The second-order valence-electron chi connectivity index (χ2n) is 11.7. The van der Waals surface area contributed by atoms with Gasteiger partial charge in [-0.1, -0.05) is 12.6 Å². The molecule has 37 heavy (non-hydrogen) atoms. The summed E-state index contributed by atoms with van der Waals surface area (Å²) in [5, 5.41) is 52.6. The van der Waals surface area contributed by atoms with Gasteiger partial charge >= 0.3 is 5.97 Å². The summed E-state index contributed by atoms with van der Waals surface area (Å²) in [5.41, 5.74) is 1.26. The van der Waals surface area contributed by atoms with Gasteiger partial charge in [-0.3, -0.25) is 4.90 Å². The van der Waals surface area contributed by atoms with E-state index in [0.29, 0.717) is 37.4 Å². The van der Waals surface area contributed by atoms with Crippen molar-refractivity contribution >= 4 is 5.97 Å². The number of aliphatic hydroxyl groups is 4. The van der Waals surface area contributed by atoms with Crippen LogP contribution in [0, 0.1) is 5.92 Å². The van der Waals surface area contributed by atoms with Gasteiger partial charge in [0.2, 0.25) is 6.29 Å². The molecular formula is C27H33NO9. The zero-order chi connectivity index (χ0) is 25.9. The van der Waals surface area contributed by atoms with E-state index in [1.54, 1.807) is 6.07 Å². The van der Waals surface area contributed by atoms with Gasteiger partial charge in [0.05, 0.1) is 11.0 Å². The van der Waals surface area contributed by atoms with Crippen LogP contribution < -0.4 is 9.47 Å². The minimum atomic E-state index is -1.81. The Morgan fingerprint density at radius 1 is 1.16 bits per heavy atom.